The average Bonchev–Trinajstić information content (AvgIpc) is 2.91. The third-order valence-corrected chi connectivity index (χ3v) is 4.38. The maximum absolute atomic E-state index is 5.79. The number of hydrogen-bond donors (Lipinski definition) is 2. The lowest BCUT2D eigenvalue weighted by atomic mass is 10.2. The molecular weight excluding hydrogens is 282 g/mol. The fourth-order valence-corrected chi connectivity index (χ4v) is 3.13. The zero-order valence-electron chi connectivity index (χ0n) is 11.8. The van der Waals surface area contributed by atoms with Crippen LogP contribution in [0.15, 0.2) is 30.5 Å². The summed E-state index contributed by atoms with van der Waals surface area (Å²) >= 11 is 1.67. The molecule has 108 valence electrons. The summed E-state index contributed by atoms with van der Waals surface area (Å²) in [5.74, 6) is 1.12. The van der Waals surface area contributed by atoms with Crippen LogP contribution in [0.5, 0.6) is 0 Å². The van der Waals surface area contributed by atoms with Gasteiger partial charge in [0.2, 0.25) is 5.95 Å². The highest BCUT2D eigenvalue weighted by Gasteiger charge is 2.09. The Morgan fingerprint density at radius 1 is 1.29 bits per heavy atom. The first-order valence-electron chi connectivity index (χ1n) is 6.96. The molecule has 0 radical (unpaired) electrons. The molecule has 0 spiro atoms. The fourth-order valence-electron chi connectivity index (χ4n) is 2.15. The van der Waals surface area contributed by atoms with Crippen LogP contribution in [-0.2, 0) is 12.8 Å². The molecule has 0 bridgehead atoms. The van der Waals surface area contributed by atoms with Crippen molar-refractivity contribution >= 4 is 33.3 Å². The number of nitrogens with zero attached hydrogens (tertiary/aromatic N) is 3. The van der Waals surface area contributed by atoms with Gasteiger partial charge < -0.3 is 11.1 Å². The lowest BCUT2D eigenvalue weighted by molar-refractivity contribution is 0.955. The predicted molar refractivity (Wildman–Crippen MR) is 87.6 cm³/mol. The largest absolute Gasteiger partial charge is 0.369 e. The second kappa shape index (κ2) is 6.05. The number of rotatable bonds is 5. The zero-order valence-corrected chi connectivity index (χ0v) is 12.7. The average molecular weight is 299 g/mol. The van der Waals surface area contributed by atoms with Gasteiger partial charge in [0.15, 0.2) is 0 Å². The van der Waals surface area contributed by atoms with E-state index in [0.717, 1.165) is 41.1 Å². The summed E-state index contributed by atoms with van der Waals surface area (Å²) in [5.41, 5.74) is 6.85. The van der Waals surface area contributed by atoms with E-state index in [4.69, 9.17) is 5.73 Å². The summed E-state index contributed by atoms with van der Waals surface area (Å²) in [6.45, 7) is 2.90. The van der Waals surface area contributed by atoms with Crippen molar-refractivity contribution in [3.8, 4) is 0 Å². The topological polar surface area (TPSA) is 76.7 Å². The van der Waals surface area contributed by atoms with Crippen LogP contribution in [0.3, 0.4) is 0 Å². The number of anilines is 2. The summed E-state index contributed by atoms with van der Waals surface area (Å²) in [4.78, 5) is 15.2. The first-order valence-corrected chi connectivity index (χ1v) is 7.77. The van der Waals surface area contributed by atoms with E-state index in [2.05, 4.69) is 33.3 Å². The Morgan fingerprint density at radius 2 is 2.19 bits per heavy atom. The van der Waals surface area contributed by atoms with E-state index >= 15 is 0 Å². The highest BCUT2D eigenvalue weighted by Crippen LogP contribution is 2.29. The van der Waals surface area contributed by atoms with Crippen LogP contribution < -0.4 is 11.1 Å². The standard InChI is InChI=1S/C15H17N5S/c1-2-11-9-12-13(19-15(16)20-14(12)21-11)18-8-6-10-5-3-4-7-17-10/h3-5,7,9H,2,6,8H2,1H3,(H3,16,18,19,20). The van der Waals surface area contributed by atoms with Gasteiger partial charge in [-0.15, -0.1) is 11.3 Å². The third-order valence-electron chi connectivity index (χ3n) is 3.21. The van der Waals surface area contributed by atoms with Gasteiger partial charge in [0.1, 0.15) is 10.6 Å². The molecule has 0 aliphatic heterocycles. The smallest absolute Gasteiger partial charge is 0.223 e. The Hall–Kier alpha value is -2.21. The number of hydrogen-bond acceptors (Lipinski definition) is 6. The molecule has 3 aromatic rings. The molecule has 3 heterocycles. The Balaban J connectivity index is 1.78. The molecule has 5 nitrogen and oxygen atoms in total. The van der Waals surface area contributed by atoms with Gasteiger partial charge in [-0.2, -0.15) is 4.98 Å². The molecule has 0 unspecified atom stereocenters. The van der Waals surface area contributed by atoms with Gasteiger partial charge in [0.25, 0.3) is 0 Å². The molecule has 0 aliphatic carbocycles. The summed E-state index contributed by atoms with van der Waals surface area (Å²) in [5, 5.41) is 4.40. The summed E-state index contributed by atoms with van der Waals surface area (Å²) in [6.07, 6.45) is 3.65. The molecular formula is C15H17N5S. The maximum atomic E-state index is 5.79. The Kier molecular flexibility index (Phi) is 3.96. The number of aryl methyl sites for hydroxylation is 1. The monoisotopic (exact) mass is 299 g/mol. The van der Waals surface area contributed by atoms with E-state index in [-0.39, 0.29) is 0 Å². The Morgan fingerprint density at radius 3 is 2.95 bits per heavy atom. The SMILES string of the molecule is CCc1cc2c(NCCc3ccccn3)nc(N)nc2s1. The maximum Gasteiger partial charge on any atom is 0.223 e. The fraction of sp³-hybridized carbons (Fsp3) is 0.267. The molecule has 3 N–H and O–H groups in total. The second-order valence-electron chi connectivity index (χ2n) is 4.71. The number of aromatic nitrogens is 3. The molecule has 21 heavy (non-hydrogen) atoms. The van der Waals surface area contributed by atoms with E-state index in [1.165, 1.54) is 4.88 Å². The number of nitrogen functional groups attached to an aromatic ring is 1. The van der Waals surface area contributed by atoms with Gasteiger partial charge in [-0.05, 0) is 24.6 Å². The number of nitrogens with one attached hydrogen (secondary N) is 1. The Bertz CT molecular complexity index is 738. The van der Waals surface area contributed by atoms with Crippen molar-refractivity contribution in [3.63, 3.8) is 0 Å². The van der Waals surface area contributed by atoms with Crippen molar-refractivity contribution in [3.05, 3.63) is 41.0 Å². The van der Waals surface area contributed by atoms with Crippen molar-refractivity contribution in [2.75, 3.05) is 17.6 Å². The highest BCUT2D eigenvalue weighted by molar-refractivity contribution is 7.18. The zero-order chi connectivity index (χ0) is 14.7. The number of fused-ring (bicyclic) bond motifs is 1. The quantitative estimate of drug-likeness (QED) is 0.757. The minimum Gasteiger partial charge on any atom is -0.369 e. The molecule has 0 saturated heterocycles. The molecule has 0 atom stereocenters. The summed E-state index contributed by atoms with van der Waals surface area (Å²) < 4.78 is 0. The molecule has 0 fully saturated rings. The Labute approximate surface area is 127 Å². The molecule has 0 saturated carbocycles. The van der Waals surface area contributed by atoms with Crippen molar-refractivity contribution in [1.29, 1.82) is 0 Å². The molecule has 0 aromatic carbocycles. The van der Waals surface area contributed by atoms with Crippen LogP contribution in [0.1, 0.15) is 17.5 Å². The van der Waals surface area contributed by atoms with Crippen molar-refractivity contribution in [2.45, 2.75) is 19.8 Å². The van der Waals surface area contributed by atoms with Gasteiger partial charge in [-0.1, -0.05) is 13.0 Å². The number of nitrogens with two attached hydrogens (primary N) is 1. The van der Waals surface area contributed by atoms with E-state index in [0.29, 0.717) is 5.95 Å². The highest BCUT2D eigenvalue weighted by atomic mass is 32.1. The molecule has 0 amide bonds. The van der Waals surface area contributed by atoms with Crippen molar-refractivity contribution < 1.29 is 0 Å². The first kappa shape index (κ1) is 13.8. The van der Waals surface area contributed by atoms with Crippen molar-refractivity contribution in [1.82, 2.24) is 15.0 Å². The van der Waals surface area contributed by atoms with Crippen LogP contribution in [0.2, 0.25) is 0 Å². The van der Waals surface area contributed by atoms with Gasteiger partial charge in [-0.3, -0.25) is 4.98 Å². The van der Waals surface area contributed by atoms with Gasteiger partial charge >= 0.3 is 0 Å². The minimum atomic E-state index is 0.312. The van der Waals surface area contributed by atoms with Crippen LogP contribution in [-0.4, -0.2) is 21.5 Å². The van der Waals surface area contributed by atoms with Crippen molar-refractivity contribution in [2.24, 2.45) is 0 Å². The third kappa shape index (κ3) is 3.11. The lowest BCUT2D eigenvalue weighted by Crippen LogP contribution is -2.09. The lowest BCUT2D eigenvalue weighted by Gasteiger charge is -2.07. The molecule has 3 aromatic heterocycles. The van der Waals surface area contributed by atoms with Crippen LogP contribution in [0, 0.1) is 0 Å². The van der Waals surface area contributed by atoms with Crippen LogP contribution in [0.25, 0.3) is 10.2 Å². The minimum absolute atomic E-state index is 0.312. The summed E-state index contributed by atoms with van der Waals surface area (Å²) in [6, 6.07) is 8.08. The number of thiophene rings is 1. The number of pyridine rings is 1. The van der Waals surface area contributed by atoms with Gasteiger partial charge in [0, 0.05) is 29.7 Å². The summed E-state index contributed by atoms with van der Waals surface area (Å²) in [7, 11) is 0. The second-order valence-corrected chi connectivity index (χ2v) is 5.83. The first-order chi connectivity index (χ1) is 10.3. The van der Waals surface area contributed by atoms with Crippen LogP contribution in [0.4, 0.5) is 11.8 Å². The van der Waals surface area contributed by atoms with Crippen LogP contribution >= 0.6 is 11.3 Å². The van der Waals surface area contributed by atoms with E-state index in [1.807, 2.05) is 24.4 Å². The van der Waals surface area contributed by atoms with Gasteiger partial charge in [0.05, 0.1) is 5.39 Å². The molecule has 0 aliphatic rings. The normalized spacial score (nSPS) is 10.9. The predicted octanol–water partition coefficient (Wildman–Crippen LogP) is 2.89. The molecule has 3 rings (SSSR count). The van der Waals surface area contributed by atoms with E-state index in [9.17, 15) is 0 Å². The van der Waals surface area contributed by atoms with E-state index < -0.39 is 0 Å². The van der Waals surface area contributed by atoms with E-state index in [1.54, 1.807) is 11.3 Å². The molecule has 6 heteroatoms. The van der Waals surface area contributed by atoms with Gasteiger partial charge in [-0.25, -0.2) is 4.98 Å².